The fourth-order valence-electron chi connectivity index (χ4n) is 2.65. The fraction of sp³-hybridized carbons (Fsp3) is 0.375. The average Bonchev–Trinajstić information content (AvgIpc) is 3.20. The minimum atomic E-state index is -0.220. The van der Waals surface area contributed by atoms with Crippen molar-refractivity contribution in [3.63, 3.8) is 0 Å². The largest absolute Gasteiger partial charge is 0.372 e. The molecule has 0 spiro atoms. The van der Waals surface area contributed by atoms with Gasteiger partial charge in [0, 0.05) is 24.8 Å². The van der Waals surface area contributed by atoms with Crippen LogP contribution in [0.25, 0.3) is 0 Å². The SMILES string of the molecule is CC(NC(=O)c1ccon1)c1cccc(N2CCCC2)c1. The summed E-state index contributed by atoms with van der Waals surface area (Å²) in [6.45, 7) is 4.20. The Balaban J connectivity index is 1.70. The molecule has 5 nitrogen and oxygen atoms in total. The van der Waals surface area contributed by atoms with Gasteiger partial charge in [-0.3, -0.25) is 4.79 Å². The molecule has 1 aliphatic rings. The summed E-state index contributed by atoms with van der Waals surface area (Å²) >= 11 is 0. The molecule has 1 amide bonds. The van der Waals surface area contributed by atoms with Crippen LogP contribution in [-0.2, 0) is 0 Å². The van der Waals surface area contributed by atoms with Crippen LogP contribution in [-0.4, -0.2) is 24.2 Å². The molecule has 1 saturated heterocycles. The molecule has 0 aliphatic carbocycles. The highest BCUT2D eigenvalue weighted by atomic mass is 16.5. The number of carbonyl (C=O) groups is 1. The molecule has 1 aromatic carbocycles. The van der Waals surface area contributed by atoms with E-state index in [1.54, 1.807) is 6.07 Å². The number of carbonyl (C=O) groups excluding carboxylic acids is 1. The lowest BCUT2D eigenvalue weighted by Crippen LogP contribution is -2.27. The van der Waals surface area contributed by atoms with Gasteiger partial charge in [0.1, 0.15) is 6.26 Å². The number of anilines is 1. The first kappa shape index (κ1) is 13.7. The number of hydrogen-bond acceptors (Lipinski definition) is 4. The van der Waals surface area contributed by atoms with Crippen molar-refractivity contribution in [1.82, 2.24) is 10.5 Å². The van der Waals surface area contributed by atoms with Crippen LogP contribution < -0.4 is 10.2 Å². The highest BCUT2D eigenvalue weighted by molar-refractivity contribution is 5.92. The smallest absolute Gasteiger partial charge is 0.273 e. The van der Waals surface area contributed by atoms with Crippen molar-refractivity contribution in [2.24, 2.45) is 0 Å². The molecule has 5 heteroatoms. The number of amides is 1. The second kappa shape index (κ2) is 5.99. The van der Waals surface area contributed by atoms with Crippen LogP contribution in [0.2, 0.25) is 0 Å². The second-order valence-electron chi connectivity index (χ2n) is 5.37. The van der Waals surface area contributed by atoms with Crippen LogP contribution in [0.15, 0.2) is 41.1 Å². The maximum atomic E-state index is 12.0. The van der Waals surface area contributed by atoms with Crippen molar-refractivity contribution in [2.75, 3.05) is 18.0 Å². The first-order chi connectivity index (χ1) is 10.2. The van der Waals surface area contributed by atoms with Crippen LogP contribution in [0.1, 0.15) is 41.9 Å². The summed E-state index contributed by atoms with van der Waals surface area (Å²) in [6.07, 6.45) is 3.90. The standard InChI is InChI=1S/C16H19N3O2/c1-12(17-16(20)15-7-10-21-18-15)13-5-4-6-14(11-13)19-8-2-3-9-19/h4-7,10-12H,2-3,8-9H2,1H3,(H,17,20). The Labute approximate surface area is 123 Å². The lowest BCUT2D eigenvalue weighted by atomic mass is 10.1. The van der Waals surface area contributed by atoms with Crippen molar-refractivity contribution in [3.8, 4) is 0 Å². The van der Waals surface area contributed by atoms with Crippen molar-refractivity contribution in [1.29, 1.82) is 0 Å². The van der Waals surface area contributed by atoms with Crippen molar-refractivity contribution in [3.05, 3.63) is 47.9 Å². The molecule has 1 unspecified atom stereocenters. The zero-order valence-corrected chi connectivity index (χ0v) is 12.1. The first-order valence-corrected chi connectivity index (χ1v) is 7.30. The van der Waals surface area contributed by atoms with Gasteiger partial charge in [0.25, 0.3) is 5.91 Å². The quantitative estimate of drug-likeness (QED) is 0.938. The third-order valence-electron chi connectivity index (χ3n) is 3.86. The van der Waals surface area contributed by atoms with Gasteiger partial charge in [0.15, 0.2) is 5.69 Å². The second-order valence-corrected chi connectivity index (χ2v) is 5.37. The molecular formula is C16H19N3O2. The molecule has 0 saturated carbocycles. The van der Waals surface area contributed by atoms with E-state index in [0.29, 0.717) is 5.69 Å². The van der Waals surface area contributed by atoms with Crippen molar-refractivity contribution in [2.45, 2.75) is 25.8 Å². The predicted octanol–water partition coefficient (Wildman–Crippen LogP) is 2.77. The summed E-state index contributed by atoms with van der Waals surface area (Å²) in [6, 6.07) is 9.84. The Kier molecular flexibility index (Phi) is 3.90. The Morgan fingerprint density at radius 2 is 2.14 bits per heavy atom. The van der Waals surface area contributed by atoms with E-state index in [0.717, 1.165) is 18.7 Å². The van der Waals surface area contributed by atoms with E-state index in [1.807, 2.05) is 19.1 Å². The lowest BCUT2D eigenvalue weighted by molar-refractivity contribution is 0.0930. The Morgan fingerprint density at radius 3 is 2.86 bits per heavy atom. The molecule has 1 fully saturated rings. The molecule has 1 atom stereocenters. The molecule has 110 valence electrons. The maximum absolute atomic E-state index is 12.0. The third-order valence-corrected chi connectivity index (χ3v) is 3.86. The van der Waals surface area contributed by atoms with Crippen molar-refractivity contribution >= 4 is 11.6 Å². The average molecular weight is 285 g/mol. The van der Waals surface area contributed by atoms with Gasteiger partial charge in [-0.1, -0.05) is 17.3 Å². The van der Waals surface area contributed by atoms with E-state index in [-0.39, 0.29) is 11.9 Å². The van der Waals surface area contributed by atoms with E-state index in [9.17, 15) is 4.79 Å². The van der Waals surface area contributed by atoms with Gasteiger partial charge in [-0.2, -0.15) is 0 Å². The predicted molar refractivity (Wildman–Crippen MR) is 80.3 cm³/mol. The molecule has 1 N–H and O–H groups in total. The number of hydrogen-bond donors (Lipinski definition) is 1. The van der Waals surface area contributed by atoms with E-state index in [1.165, 1.54) is 24.8 Å². The topological polar surface area (TPSA) is 58.4 Å². The number of nitrogens with zero attached hydrogens (tertiary/aromatic N) is 2. The molecule has 21 heavy (non-hydrogen) atoms. The summed E-state index contributed by atoms with van der Waals surface area (Å²) in [7, 11) is 0. The first-order valence-electron chi connectivity index (χ1n) is 7.30. The normalized spacial score (nSPS) is 16.0. The van der Waals surface area contributed by atoms with Gasteiger partial charge in [-0.15, -0.1) is 0 Å². The van der Waals surface area contributed by atoms with Gasteiger partial charge in [-0.25, -0.2) is 0 Å². The van der Waals surface area contributed by atoms with E-state index in [4.69, 9.17) is 4.52 Å². The number of aromatic nitrogens is 1. The zero-order valence-electron chi connectivity index (χ0n) is 12.1. The summed E-state index contributed by atoms with van der Waals surface area (Å²) in [5.41, 5.74) is 2.63. The molecular weight excluding hydrogens is 266 g/mol. The molecule has 3 rings (SSSR count). The van der Waals surface area contributed by atoms with Crippen LogP contribution in [0.4, 0.5) is 5.69 Å². The van der Waals surface area contributed by atoms with Gasteiger partial charge in [0.2, 0.25) is 0 Å². The summed E-state index contributed by atoms with van der Waals surface area (Å²) in [4.78, 5) is 14.4. The van der Waals surface area contributed by atoms with Crippen LogP contribution >= 0.6 is 0 Å². The van der Waals surface area contributed by atoms with Crippen LogP contribution in [0, 0.1) is 0 Å². The summed E-state index contributed by atoms with van der Waals surface area (Å²) in [5, 5.41) is 6.58. The van der Waals surface area contributed by atoms with E-state index in [2.05, 4.69) is 27.5 Å². The minimum Gasteiger partial charge on any atom is -0.372 e. The Bertz CT molecular complexity index is 604. The van der Waals surface area contributed by atoms with Gasteiger partial charge in [0.05, 0.1) is 6.04 Å². The van der Waals surface area contributed by atoms with E-state index < -0.39 is 0 Å². The fourth-order valence-corrected chi connectivity index (χ4v) is 2.65. The van der Waals surface area contributed by atoms with Gasteiger partial charge >= 0.3 is 0 Å². The van der Waals surface area contributed by atoms with Crippen LogP contribution in [0.5, 0.6) is 0 Å². The Morgan fingerprint density at radius 1 is 1.33 bits per heavy atom. The van der Waals surface area contributed by atoms with E-state index >= 15 is 0 Å². The number of nitrogens with one attached hydrogen (secondary N) is 1. The summed E-state index contributed by atoms with van der Waals surface area (Å²) in [5.74, 6) is -0.220. The molecule has 0 bridgehead atoms. The zero-order chi connectivity index (χ0) is 14.7. The Hall–Kier alpha value is -2.30. The highest BCUT2D eigenvalue weighted by Gasteiger charge is 2.16. The molecule has 0 radical (unpaired) electrons. The maximum Gasteiger partial charge on any atom is 0.273 e. The number of benzene rings is 1. The molecule has 1 aromatic heterocycles. The van der Waals surface area contributed by atoms with Gasteiger partial charge < -0.3 is 14.7 Å². The monoisotopic (exact) mass is 285 g/mol. The number of rotatable bonds is 4. The lowest BCUT2D eigenvalue weighted by Gasteiger charge is -2.20. The van der Waals surface area contributed by atoms with Gasteiger partial charge in [-0.05, 0) is 37.5 Å². The molecule has 2 aromatic rings. The van der Waals surface area contributed by atoms with Crippen LogP contribution in [0.3, 0.4) is 0 Å². The highest BCUT2D eigenvalue weighted by Crippen LogP contribution is 2.24. The molecule has 1 aliphatic heterocycles. The summed E-state index contributed by atoms with van der Waals surface area (Å²) < 4.78 is 4.69. The molecule has 2 heterocycles. The van der Waals surface area contributed by atoms with Crippen molar-refractivity contribution < 1.29 is 9.32 Å². The minimum absolute atomic E-state index is 0.0725. The third kappa shape index (κ3) is 3.07.